The molecule has 0 saturated carbocycles. The molecule has 0 saturated heterocycles. The van der Waals surface area contributed by atoms with E-state index < -0.39 is 0 Å². The summed E-state index contributed by atoms with van der Waals surface area (Å²) in [7, 11) is 2.00. The SMILES string of the molecule is Cc1c(C2=NC(=S)C(C)(C)N2C)nn(-c2ccc(Cl)cc2Cl)c1-c1ccc(C#CCC(C)C)s1. The van der Waals surface area contributed by atoms with Crippen LogP contribution in [-0.2, 0) is 0 Å². The Balaban J connectivity index is 1.89. The molecule has 4 nitrogen and oxygen atoms in total. The number of benzene rings is 1. The Kier molecular flexibility index (Phi) is 6.94. The fourth-order valence-electron chi connectivity index (χ4n) is 3.63. The highest BCUT2D eigenvalue weighted by Gasteiger charge is 2.39. The van der Waals surface area contributed by atoms with Crippen LogP contribution in [0.1, 0.15) is 50.3 Å². The van der Waals surface area contributed by atoms with Crippen LogP contribution in [0, 0.1) is 24.7 Å². The summed E-state index contributed by atoms with van der Waals surface area (Å²) in [5.74, 6) is 7.87. The molecule has 0 amide bonds. The lowest BCUT2D eigenvalue weighted by Crippen LogP contribution is -2.43. The zero-order valence-corrected chi connectivity index (χ0v) is 23.2. The largest absolute Gasteiger partial charge is 0.346 e. The molecule has 0 fully saturated rings. The van der Waals surface area contributed by atoms with Crippen LogP contribution in [0.5, 0.6) is 0 Å². The molecule has 0 spiro atoms. The van der Waals surface area contributed by atoms with Gasteiger partial charge in [-0.25, -0.2) is 9.67 Å². The van der Waals surface area contributed by atoms with Gasteiger partial charge in [0.2, 0.25) is 0 Å². The van der Waals surface area contributed by atoms with Gasteiger partial charge in [-0.3, -0.25) is 0 Å². The van der Waals surface area contributed by atoms with Gasteiger partial charge in [0, 0.05) is 24.1 Å². The Hall–Kier alpha value is -2.17. The summed E-state index contributed by atoms with van der Waals surface area (Å²) < 4.78 is 1.88. The van der Waals surface area contributed by atoms with Crippen molar-refractivity contribution in [2.24, 2.45) is 10.9 Å². The third kappa shape index (κ3) is 4.55. The van der Waals surface area contributed by atoms with Gasteiger partial charge in [-0.05, 0) is 57.0 Å². The monoisotopic (exact) mass is 528 g/mol. The molecule has 1 aliphatic rings. The average Bonchev–Trinajstić information content (AvgIpc) is 3.40. The zero-order valence-electron chi connectivity index (χ0n) is 20.0. The predicted octanol–water partition coefficient (Wildman–Crippen LogP) is 7.41. The van der Waals surface area contributed by atoms with E-state index in [1.54, 1.807) is 17.4 Å². The van der Waals surface area contributed by atoms with Gasteiger partial charge in [-0.15, -0.1) is 11.3 Å². The smallest absolute Gasteiger partial charge is 0.158 e. The number of hydrogen-bond donors (Lipinski definition) is 0. The summed E-state index contributed by atoms with van der Waals surface area (Å²) in [5.41, 5.74) is 3.12. The number of aromatic nitrogens is 2. The molecule has 0 unspecified atom stereocenters. The lowest BCUT2D eigenvalue weighted by atomic mass is 10.1. The predicted molar refractivity (Wildman–Crippen MR) is 149 cm³/mol. The Morgan fingerprint density at radius 2 is 1.91 bits per heavy atom. The maximum atomic E-state index is 6.62. The molecule has 8 heteroatoms. The summed E-state index contributed by atoms with van der Waals surface area (Å²) in [4.78, 5) is 9.52. The van der Waals surface area contributed by atoms with E-state index in [9.17, 15) is 0 Å². The van der Waals surface area contributed by atoms with E-state index in [-0.39, 0.29) is 5.54 Å². The molecule has 0 atom stereocenters. The third-order valence-corrected chi connectivity index (χ3v) is 8.06. The van der Waals surface area contributed by atoms with Gasteiger partial charge in [0.15, 0.2) is 5.84 Å². The van der Waals surface area contributed by atoms with Crippen LogP contribution in [0.3, 0.4) is 0 Å². The van der Waals surface area contributed by atoms with Gasteiger partial charge in [0.25, 0.3) is 0 Å². The minimum absolute atomic E-state index is 0.360. The van der Waals surface area contributed by atoms with Crippen molar-refractivity contribution < 1.29 is 0 Å². The lowest BCUT2D eigenvalue weighted by Gasteiger charge is -2.29. The molecule has 0 N–H and O–H groups in total. The zero-order chi connectivity index (χ0) is 24.8. The summed E-state index contributed by atoms with van der Waals surface area (Å²) in [5, 5.41) is 6.10. The summed E-state index contributed by atoms with van der Waals surface area (Å²) in [6.45, 7) is 10.5. The van der Waals surface area contributed by atoms with Crippen molar-refractivity contribution in [2.45, 2.75) is 46.6 Å². The van der Waals surface area contributed by atoms with E-state index in [4.69, 9.17) is 45.5 Å². The minimum Gasteiger partial charge on any atom is -0.346 e. The van der Waals surface area contributed by atoms with Crippen molar-refractivity contribution in [2.75, 3.05) is 7.05 Å². The number of amidine groups is 1. The summed E-state index contributed by atoms with van der Waals surface area (Å²) in [6, 6.07) is 9.58. The molecule has 3 heterocycles. The van der Waals surface area contributed by atoms with Crippen molar-refractivity contribution in [1.29, 1.82) is 0 Å². The number of rotatable bonds is 4. The average molecular weight is 530 g/mol. The quantitative estimate of drug-likeness (QED) is 0.261. The molecule has 1 aliphatic heterocycles. The van der Waals surface area contributed by atoms with E-state index in [0.717, 1.165) is 44.6 Å². The fourth-order valence-corrected chi connectivity index (χ4v) is 5.31. The normalized spacial score (nSPS) is 15.0. The molecule has 0 aliphatic carbocycles. The lowest BCUT2D eigenvalue weighted by molar-refractivity contribution is 0.363. The molecule has 0 bridgehead atoms. The molecule has 3 aromatic rings. The topological polar surface area (TPSA) is 33.4 Å². The molecule has 2 aromatic heterocycles. The van der Waals surface area contributed by atoms with Gasteiger partial charge < -0.3 is 4.90 Å². The van der Waals surface area contributed by atoms with Crippen LogP contribution in [0.2, 0.25) is 10.0 Å². The summed E-state index contributed by atoms with van der Waals surface area (Å²) in [6.07, 6.45) is 0.872. The van der Waals surface area contributed by atoms with Crippen molar-refractivity contribution in [3.05, 3.63) is 56.5 Å². The Morgan fingerprint density at radius 1 is 1.18 bits per heavy atom. The first-order valence-corrected chi connectivity index (χ1v) is 13.0. The number of halogens is 2. The third-order valence-electron chi connectivity index (χ3n) is 5.92. The highest BCUT2D eigenvalue weighted by molar-refractivity contribution is 7.80. The fraction of sp³-hybridized carbons (Fsp3) is 0.346. The van der Waals surface area contributed by atoms with Gasteiger partial charge in [0.1, 0.15) is 10.7 Å². The van der Waals surface area contributed by atoms with Crippen LogP contribution < -0.4 is 0 Å². The standard InChI is InChI=1S/C26H26Cl2N4S2/c1-15(2)8-7-9-18-11-13-21(34-18)23-16(3)22(24-29-25(33)26(4,5)31(24)6)30-32(23)20-12-10-17(27)14-19(20)28/h10-15H,8H2,1-6H3. The molecular weight excluding hydrogens is 503 g/mol. The second kappa shape index (κ2) is 9.47. The molecule has 176 valence electrons. The van der Waals surface area contributed by atoms with Gasteiger partial charge >= 0.3 is 0 Å². The Morgan fingerprint density at radius 3 is 2.53 bits per heavy atom. The number of likely N-dealkylation sites (N-methyl/N-ethyl adjacent to an activating group) is 1. The molecule has 1 aromatic carbocycles. The first kappa shape index (κ1) is 24.9. The highest BCUT2D eigenvalue weighted by Crippen LogP contribution is 2.37. The number of thiophene rings is 1. The van der Waals surface area contributed by atoms with Crippen LogP contribution in [-0.4, -0.2) is 38.1 Å². The molecular formula is C26H26Cl2N4S2. The first-order valence-electron chi connectivity index (χ1n) is 11.0. The number of nitrogens with zero attached hydrogens (tertiary/aromatic N) is 4. The van der Waals surface area contributed by atoms with Crippen LogP contribution in [0.15, 0.2) is 35.3 Å². The van der Waals surface area contributed by atoms with Crippen molar-refractivity contribution in [3.8, 4) is 28.1 Å². The maximum absolute atomic E-state index is 6.62. The van der Waals surface area contributed by atoms with E-state index >= 15 is 0 Å². The van der Waals surface area contributed by atoms with Crippen molar-refractivity contribution in [3.63, 3.8) is 0 Å². The van der Waals surface area contributed by atoms with E-state index in [2.05, 4.69) is 63.5 Å². The van der Waals surface area contributed by atoms with Crippen LogP contribution in [0.4, 0.5) is 0 Å². The molecule has 0 radical (unpaired) electrons. The van der Waals surface area contributed by atoms with E-state index in [0.29, 0.717) is 21.0 Å². The second-order valence-corrected chi connectivity index (χ2v) is 11.6. The van der Waals surface area contributed by atoms with Crippen LogP contribution >= 0.6 is 46.8 Å². The molecule has 4 rings (SSSR count). The van der Waals surface area contributed by atoms with Crippen LogP contribution in [0.25, 0.3) is 16.3 Å². The first-order chi connectivity index (χ1) is 16.0. The van der Waals surface area contributed by atoms with Crippen molar-refractivity contribution in [1.82, 2.24) is 14.7 Å². The van der Waals surface area contributed by atoms with Crippen molar-refractivity contribution >= 4 is 57.6 Å². The van der Waals surface area contributed by atoms with E-state index in [1.807, 2.05) is 23.9 Å². The highest BCUT2D eigenvalue weighted by atomic mass is 35.5. The number of aliphatic imine (C=N–C) groups is 1. The number of hydrogen-bond acceptors (Lipinski definition) is 4. The Bertz CT molecular complexity index is 1370. The Labute approximate surface area is 220 Å². The van der Waals surface area contributed by atoms with E-state index in [1.165, 1.54) is 0 Å². The summed E-state index contributed by atoms with van der Waals surface area (Å²) >= 11 is 20.0. The minimum atomic E-state index is -0.360. The van der Waals surface area contributed by atoms with Gasteiger partial charge in [-0.1, -0.05) is 61.1 Å². The van der Waals surface area contributed by atoms with Gasteiger partial charge in [0.05, 0.1) is 31.7 Å². The molecule has 34 heavy (non-hydrogen) atoms. The second-order valence-electron chi connectivity index (χ2n) is 9.25. The van der Waals surface area contributed by atoms with Gasteiger partial charge in [-0.2, -0.15) is 5.10 Å². The maximum Gasteiger partial charge on any atom is 0.158 e. The number of thiocarbonyl (C=S) groups is 1.